The molecular weight excluding hydrogens is 288 g/mol. The summed E-state index contributed by atoms with van der Waals surface area (Å²) in [6.45, 7) is 2.28. The van der Waals surface area contributed by atoms with E-state index in [1.165, 1.54) is 36.9 Å². The van der Waals surface area contributed by atoms with Gasteiger partial charge in [0.15, 0.2) is 5.65 Å². The van der Waals surface area contributed by atoms with Crippen LogP contribution in [0.1, 0.15) is 67.1 Å². The molecule has 5 nitrogen and oxygen atoms in total. The second-order valence-electron chi connectivity index (χ2n) is 7.18. The molecule has 0 aromatic carbocycles. The topological polar surface area (TPSA) is 59.3 Å². The lowest BCUT2D eigenvalue weighted by molar-refractivity contribution is 0.0929. The van der Waals surface area contributed by atoms with Crippen LogP contribution in [0.2, 0.25) is 0 Å². The number of aryl methyl sites for hydroxylation is 1. The van der Waals surface area contributed by atoms with Crippen molar-refractivity contribution in [2.24, 2.45) is 5.92 Å². The Morgan fingerprint density at radius 3 is 2.87 bits per heavy atom. The van der Waals surface area contributed by atoms with E-state index >= 15 is 0 Å². The summed E-state index contributed by atoms with van der Waals surface area (Å²) >= 11 is 0. The molecule has 1 saturated carbocycles. The van der Waals surface area contributed by atoms with Crippen molar-refractivity contribution in [1.29, 1.82) is 0 Å². The zero-order chi connectivity index (χ0) is 15.8. The number of fused-ring (bicyclic) bond motifs is 3. The van der Waals surface area contributed by atoms with Crippen LogP contribution in [-0.2, 0) is 12.8 Å². The molecular formula is C18H24N4O. The highest BCUT2D eigenvalue weighted by atomic mass is 16.1. The van der Waals surface area contributed by atoms with E-state index in [4.69, 9.17) is 0 Å². The summed E-state index contributed by atoms with van der Waals surface area (Å²) in [5.74, 6) is 0.676. The van der Waals surface area contributed by atoms with E-state index in [0.29, 0.717) is 23.2 Å². The standard InChI is InChI=1S/C18H24N4O/c1-12-7-8-16-13(9-12)10-19-17-15(11-20-22(16)17)18(23)21-14-5-3-2-4-6-14/h10-12,14H,2-9H2,1H3,(H,21,23)/t12-/m0/s1. The summed E-state index contributed by atoms with van der Waals surface area (Å²) in [6, 6.07) is 0.310. The summed E-state index contributed by atoms with van der Waals surface area (Å²) in [4.78, 5) is 17.1. The van der Waals surface area contributed by atoms with Crippen LogP contribution < -0.4 is 5.32 Å². The van der Waals surface area contributed by atoms with Crippen molar-refractivity contribution in [3.8, 4) is 0 Å². The van der Waals surface area contributed by atoms with Crippen LogP contribution in [0.3, 0.4) is 0 Å². The largest absolute Gasteiger partial charge is 0.349 e. The molecule has 0 unspecified atom stereocenters. The third-order valence-electron chi connectivity index (χ3n) is 5.34. The maximum absolute atomic E-state index is 12.6. The van der Waals surface area contributed by atoms with Crippen LogP contribution in [0.15, 0.2) is 12.4 Å². The van der Waals surface area contributed by atoms with Gasteiger partial charge in [0.25, 0.3) is 5.91 Å². The SMILES string of the molecule is C[C@H]1CCc2c(cnc3c(C(=O)NC4CCCCC4)cnn23)C1. The van der Waals surface area contributed by atoms with Crippen LogP contribution in [0.4, 0.5) is 0 Å². The molecule has 0 spiro atoms. The maximum Gasteiger partial charge on any atom is 0.256 e. The molecule has 122 valence electrons. The number of carbonyl (C=O) groups excluding carboxylic acids is 1. The zero-order valence-corrected chi connectivity index (χ0v) is 13.7. The third kappa shape index (κ3) is 2.73. The molecule has 0 radical (unpaired) electrons. The first-order chi connectivity index (χ1) is 11.2. The summed E-state index contributed by atoms with van der Waals surface area (Å²) in [5, 5.41) is 7.63. The summed E-state index contributed by atoms with van der Waals surface area (Å²) in [6.07, 6.45) is 12.8. The number of rotatable bonds is 2. The fourth-order valence-corrected chi connectivity index (χ4v) is 3.98. The highest BCUT2D eigenvalue weighted by Crippen LogP contribution is 2.26. The predicted octanol–water partition coefficient (Wildman–Crippen LogP) is 2.92. The van der Waals surface area contributed by atoms with Gasteiger partial charge in [0.2, 0.25) is 0 Å². The van der Waals surface area contributed by atoms with Crippen LogP contribution in [-0.4, -0.2) is 26.5 Å². The average Bonchev–Trinajstić information content (AvgIpc) is 3.00. The van der Waals surface area contributed by atoms with Gasteiger partial charge in [0.05, 0.1) is 6.20 Å². The molecule has 0 aliphatic heterocycles. The highest BCUT2D eigenvalue weighted by molar-refractivity contribution is 5.99. The highest BCUT2D eigenvalue weighted by Gasteiger charge is 2.23. The molecule has 0 saturated heterocycles. The second kappa shape index (κ2) is 5.95. The van der Waals surface area contributed by atoms with Gasteiger partial charge in [-0.2, -0.15) is 5.10 Å². The van der Waals surface area contributed by atoms with E-state index in [0.717, 1.165) is 25.7 Å². The molecule has 2 aliphatic carbocycles. The Labute approximate surface area is 136 Å². The van der Waals surface area contributed by atoms with Crippen molar-refractivity contribution in [3.05, 3.63) is 29.2 Å². The summed E-state index contributed by atoms with van der Waals surface area (Å²) in [7, 11) is 0. The number of carbonyl (C=O) groups is 1. The molecule has 0 bridgehead atoms. The number of hydrogen-bond acceptors (Lipinski definition) is 3. The van der Waals surface area contributed by atoms with Gasteiger partial charge in [-0.1, -0.05) is 26.2 Å². The van der Waals surface area contributed by atoms with Crippen LogP contribution in [0.25, 0.3) is 5.65 Å². The van der Waals surface area contributed by atoms with Gasteiger partial charge in [-0.3, -0.25) is 4.79 Å². The average molecular weight is 312 g/mol. The number of aromatic nitrogens is 3. The van der Waals surface area contributed by atoms with E-state index in [9.17, 15) is 4.79 Å². The van der Waals surface area contributed by atoms with Crippen molar-refractivity contribution < 1.29 is 4.79 Å². The predicted molar refractivity (Wildman–Crippen MR) is 88.5 cm³/mol. The lowest BCUT2D eigenvalue weighted by atomic mass is 9.89. The minimum Gasteiger partial charge on any atom is -0.349 e. The van der Waals surface area contributed by atoms with Crippen molar-refractivity contribution in [3.63, 3.8) is 0 Å². The first-order valence-corrected chi connectivity index (χ1v) is 8.87. The second-order valence-corrected chi connectivity index (χ2v) is 7.18. The van der Waals surface area contributed by atoms with Crippen molar-refractivity contribution in [2.45, 2.75) is 64.3 Å². The van der Waals surface area contributed by atoms with Gasteiger partial charge in [-0.05, 0) is 43.6 Å². The van der Waals surface area contributed by atoms with Crippen LogP contribution in [0, 0.1) is 5.92 Å². The molecule has 1 N–H and O–H groups in total. The van der Waals surface area contributed by atoms with Gasteiger partial charge in [0, 0.05) is 17.9 Å². The Hall–Kier alpha value is -1.91. The van der Waals surface area contributed by atoms with Gasteiger partial charge >= 0.3 is 0 Å². The molecule has 2 aromatic heterocycles. The molecule has 4 rings (SSSR count). The van der Waals surface area contributed by atoms with E-state index in [1.807, 2.05) is 10.7 Å². The number of nitrogens with one attached hydrogen (secondary N) is 1. The molecule has 2 heterocycles. The first kappa shape index (κ1) is 14.7. The Balaban J connectivity index is 1.62. The zero-order valence-electron chi connectivity index (χ0n) is 13.7. The van der Waals surface area contributed by atoms with Gasteiger partial charge in [-0.25, -0.2) is 9.50 Å². The molecule has 5 heteroatoms. The Morgan fingerprint density at radius 2 is 2.04 bits per heavy atom. The van der Waals surface area contributed by atoms with Gasteiger partial charge in [0.1, 0.15) is 5.56 Å². The fourth-order valence-electron chi connectivity index (χ4n) is 3.98. The van der Waals surface area contributed by atoms with E-state index in [1.54, 1.807) is 6.20 Å². The minimum absolute atomic E-state index is 0.0245. The lowest BCUT2D eigenvalue weighted by Gasteiger charge is -2.23. The van der Waals surface area contributed by atoms with Crippen molar-refractivity contribution in [2.75, 3.05) is 0 Å². The van der Waals surface area contributed by atoms with Crippen molar-refractivity contribution in [1.82, 2.24) is 19.9 Å². The monoisotopic (exact) mass is 312 g/mol. The van der Waals surface area contributed by atoms with E-state index in [-0.39, 0.29) is 5.91 Å². The first-order valence-electron chi connectivity index (χ1n) is 8.87. The fraction of sp³-hybridized carbons (Fsp3) is 0.611. The van der Waals surface area contributed by atoms with Gasteiger partial charge in [-0.15, -0.1) is 0 Å². The van der Waals surface area contributed by atoms with Gasteiger partial charge < -0.3 is 5.32 Å². The number of hydrogen-bond donors (Lipinski definition) is 1. The van der Waals surface area contributed by atoms with E-state index in [2.05, 4.69) is 22.3 Å². The number of amides is 1. The minimum atomic E-state index is -0.0245. The smallest absolute Gasteiger partial charge is 0.256 e. The molecule has 23 heavy (non-hydrogen) atoms. The Kier molecular flexibility index (Phi) is 3.79. The Morgan fingerprint density at radius 1 is 1.22 bits per heavy atom. The number of nitrogens with zero attached hydrogens (tertiary/aromatic N) is 3. The molecule has 2 aromatic rings. The molecule has 2 aliphatic rings. The Bertz CT molecular complexity index is 730. The quantitative estimate of drug-likeness (QED) is 0.927. The molecule has 1 amide bonds. The third-order valence-corrected chi connectivity index (χ3v) is 5.34. The van der Waals surface area contributed by atoms with Crippen molar-refractivity contribution >= 4 is 11.6 Å². The summed E-state index contributed by atoms with van der Waals surface area (Å²) < 4.78 is 1.89. The maximum atomic E-state index is 12.6. The van der Waals surface area contributed by atoms with Crippen LogP contribution >= 0.6 is 0 Å². The van der Waals surface area contributed by atoms with E-state index < -0.39 is 0 Å². The molecule has 1 atom stereocenters. The van der Waals surface area contributed by atoms with Crippen LogP contribution in [0.5, 0.6) is 0 Å². The normalized spacial score (nSPS) is 22.0. The summed E-state index contributed by atoms with van der Waals surface area (Å²) in [5.41, 5.74) is 3.81. The molecule has 1 fully saturated rings. The lowest BCUT2D eigenvalue weighted by Crippen LogP contribution is -2.36.